The normalized spacial score (nSPS) is 21.6. The van der Waals surface area contributed by atoms with E-state index in [0.717, 1.165) is 55.7 Å². The lowest BCUT2D eigenvalue weighted by atomic mass is 10.0. The molecule has 0 N–H and O–H groups in total. The molecule has 2 aromatic carbocycles. The van der Waals surface area contributed by atoms with Gasteiger partial charge in [0.1, 0.15) is 0 Å². The third-order valence-electron chi connectivity index (χ3n) is 8.85. The average Bonchev–Trinajstić information content (AvgIpc) is 2.98. The van der Waals surface area contributed by atoms with Gasteiger partial charge in [-0.25, -0.2) is 8.42 Å². The SMILES string of the molecule is CCC(C)CN1CCCN(S(=O)(=O)c2ccc(N(C)C)cc2)C[C@H](C)CN(S(=O)(=O)N2CCc3cc(Cl)ccc3C2)CCC1. The molecule has 0 bridgehead atoms. The summed E-state index contributed by atoms with van der Waals surface area (Å²) in [5.41, 5.74) is 2.99. The van der Waals surface area contributed by atoms with Crippen molar-refractivity contribution in [2.75, 3.05) is 71.4 Å². The van der Waals surface area contributed by atoms with Gasteiger partial charge in [0.05, 0.1) is 4.90 Å². The smallest absolute Gasteiger partial charge is 0.282 e. The molecule has 9 nitrogen and oxygen atoms in total. The van der Waals surface area contributed by atoms with E-state index in [2.05, 4.69) is 18.7 Å². The van der Waals surface area contributed by atoms with Gasteiger partial charge in [0.2, 0.25) is 10.0 Å². The number of nitrogens with zero attached hydrogens (tertiary/aromatic N) is 5. The predicted molar refractivity (Wildman–Crippen MR) is 180 cm³/mol. The fraction of sp³-hybridized carbons (Fsp3) is 0.625. The molecule has 246 valence electrons. The highest BCUT2D eigenvalue weighted by Crippen LogP contribution is 2.27. The highest BCUT2D eigenvalue weighted by atomic mass is 35.5. The molecule has 0 radical (unpaired) electrons. The van der Waals surface area contributed by atoms with Crippen molar-refractivity contribution in [3.63, 3.8) is 0 Å². The summed E-state index contributed by atoms with van der Waals surface area (Å²) in [6.45, 7) is 10.8. The Labute approximate surface area is 271 Å². The Balaban J connectivity index is 1.60. The average molecular weight is 668 g/mol. The van der Waals surface area contributed by atoms with Gasteiger partial charge in [-0.3, -0.25) is 0 Å². The number of rotatable bonds is 8. The van der Waals surface area contributed by atoms with Crippen LogP contribution < -0.4 is 4.90 Å². The van der Waals surface area contributed by atoms with E-state index in [-0.39, 0.29) is 23.9 Å². The molecule has 4 rings (SSSR count). The second-order valence-corrected chi connectivity index (χ2v) is 17.0. The van der Waals surface area contributed by atoms with E-state index in [4.69, 9.17) is 11.6 Å². The summed E-state index contributed by atoms with van der Waals surface area (Å²) >= 11 is 6.19. The van der Waals surface area contributed by atoms with Crippen molar-refractivity contribution in [1.29, 1.82) is 0 Å². The van der Waals surface area contributed by atoms with Gasteiger partial charge in [-0.2, -0.15) is 21.3 Å². The summed E-state index contributed by atoms with van der Waals surface area (Å²) in [5, 5.41) is 0.659. The van der Waals surface area contributed by atoms with Crippen LogP contribution in [0.3, 0.4) is 0 Å². The number of hydrogen-bond acceptors (Lipinski definition) is 6. The van der Waals surface area contributed by atoms with E-state index in [1.54, 1.807) is 25.0 Å². The van der Waals surface area contributed by atoms with Crippen LogP contribution in [-0.4, -0.2) is 101 Å². The van der Waals surface area contributed by atoms with Crippen LogP contribution >= 0.6 is 11.6 Å². The zero-order valence-corrected chi connectivity index (χ0v) is 29.3. The Hall–Kier alpha value is -1.73. The Bertz CT molecular complexity index is 1450. The number of anilines is 1. The zero-order valence-electron chi connectivity index (χ0n) is 27.0. The van der Waals surface area contributed by atoms with Crippen molar-refractivity contribution in [2.24, 2.45) is 11.8 Å². The van der Waals surface area contributed by atoms with Gasteiger partial charge in [-0.15, -0.1) is 0 Å². The van der Waals surface area contributed by atoms with Crippen LogP contribution in [0.5, 0.6) is 0 Å². The van der Waals surface area contributed by atoms with Gasteiger partial charge in [-0.05, 0) is 91.7 Å². The molecule has 1 fully saturated rings. The monoisotopic (exact) mass is 667 g/mol. The highest BCUT2D eigenvalue weighted by molar-refractivity contribution is 7.89. The van der Waals surface area contributed by atoms with Gasteiger partial charge >= 0.3 is 0 Å². The molecule has 1 unspecified atom stereocenters. The third kappa shape index (κ3) is 8.74. The van der Waals surface area contributed by atoms with E-state index in [0.29, 0.717) is 43.5 Å². The molecule has 1 saturated heterocycles. The van der Waals surface area contributed by atoms with Crippen LogP contribution in [0.2, 0.25) is 5.02 Å². The number of sulfonamides is 1. The van der Waals surface area contributed by atoms with E-state index in [9.17, 15) is 16.8 Å². The minimum Gasteiger partial charge on any atom is -0.378 e. The summed E-state index contributed by atoms with van der Waals surface area (Å²) in [4.78, 5) is 4.57. The van der Waals surface area contributed by atoms with Crippen LogP contribution in [0.4, 0.5) is 5.69 Å². The highest BCUT2D eigenvalue weighted by Gasteiger charge is 2.35. The van der Waals surface area contributed by atoms with Gasteiger partial charge in [0, 0.05) is 70.6 Å². The molecule has 2 aromatic rings. The molecule has 0 spiro atoms. The van der Waals surface area contributed by atoms with Crippen molar-refractivity contribution in [1.82, 2.24) is 17.8 Å². The summed E-state index contributed by atoms with van der Waals surface area (Å²) < 4.78 is 60.9. The van der Waals surface area contributed by atoms with E-state index < -0.39 is 20.2 Å². The summed E-state index contributed by atoms with van der Waals surface area (Å²) in [7, 11) is -3.71. The maximum absolute atomic E-state index is 14.1. The topological polar surface area (TPSA) is 84.5 Å². The molecule has 12 heteroatoms. The van der Waals surface area contributed by atoms with Crippen LogP contribution in [0.1, 0.15) is 51.2 Å². The molecule has 0 amide bonds. The largest absolute Gasteiger partial charge is 0.378 e. The van der Waals surface area contributed by atoms with Gasteiger partial charge in [0.25, 0.3) is 10.2 Å². The molecular formula is C32H50ClN5O4S2. The quantitative estimate of drug-likeness (QED) is 0.403. The van der Waals surface area contributed by atoms with Crippen molar-refractivity contribution >= 4 is 37.5 Å². The van der Waals surface area contributed by atoms with Crippen LogP contribution in [-0.2, 0) is 33.2 Å². The molecule has 2 aliphatic rings. The molecule has 2 heterocycles. The third-order valence-corrected chi connectivity index (χ3v) is 12.9. The Morgan fingerprint density at radius 1 is 0.864 bits per heavy atom. The fourth-order valence-electron chi connectivity index (χ4n) is 6.09. The predicted octanol–water partition coefficient (Wildman–Crippen LogP) is 4.78. The molecule has 0 saturated carbocycles. The Morgan fingerprint density at radius 3 is 2.14 bits per heavy atom. The minimum atomic E-state index is -3.78. The van der Waals surface area contributed by atoms with E-state index in [1.807, 2.05) is 56.3 Å². The first-order chi connectivity index (χ1) is 20.8. The lowest BCUT2D eigenvalue weighted by Gasteiger charge is -2.36. The van der Waals surface area contributed by atoms with Crippen LogP contribution in [0, 0.1) is 11.8 Å². The first-order valence-corrected chi connectivity index (χ1v) is 19.0. The van der Waals surface area contributed by atoms with E-state index >= 15 is 0 Å². The molecule has 2 atom stereocenters. The van der Waals surface area contributed by atoms with Crippen molar-refractivity contribution in [3.8, 4) is 0 Å². The van der Waals surface area contributed by atoms with Crippen molar-refractivity contribution < 1.29 is 16.8 Å². The van der Waals surface area contributed by atoms with Crippen LogP contribution in [0.25, 0.3) is 0 Å². The fourth-order valence-corrected chi connectivity index (χ4v) is 9.64. The van der Waals surface area contributed by atoms with Gasteiger partial charge in [0.15, 0.2) is 0 Å². The lowest BCUT2D eigenvalue weighted by Crippen LogP contribution is -2.49. The maximum Gasteiger partial charge on any atom is 0.282 e. The Kier molecular flexibility index (Phi) is 12.2. The number of fused-ring (bicyclic) bond motifs is 1. The van der Waals surface area contributed by atoms with Gasteiger partial charge in [-0.1, -0.05) is 44.9 Å². The standard InChI is InChI=1S/C32H50ClN5O4S2/c1-6-26(2)22-35-16-7-18-36(43(39,40)32-13-11-31(12-14-32)34(4)5)23-27(3)24-37(19-8-17-35)44(41,42)38-20-15-28-21-30(33)10-9-29(28)25-38/h9-14,21,26-27H,6-8,15-20,22-25H2,1-5H3/t26?,27-/m0/s1. The summed E-state index contributed by atoms with van der Waals surface area (Å²) in [6.07, 6.45) is 3.11. The molecule has 0 aliphatic carbocycles. The van der Waals surface area contributed by atoms with Gasteiger partial charge < -0.3 is 9.80 Å². The zero-order chi connectivity index (χ0) is 32.1. The summed E-state index contributed by atoms with van der Waals surface area (Å²) in [6, 6.07) is 12.6. The Morgan fingerprint density at radius 2 is 1.50 bits per heavy atom. The van der Waals surface area contributed by atoms with Crippen LogP contribution in [0.15, 0.2) is 47.4 Å². The van der Waals surface area contributed by atoms with Crippen molar-refractivity contribution in [2.45, 2.75) is 57.9 Å². The molecule has 2 aliphatic heterocycles. The molecule has 0 aromatic heterocycles. The molecular weight excluding hydrogens is 618 g/mol. The number of halogens is 1. The maximum atomic E-state index is 14.1. The number of hydrogen-bond donors (Lipinski definition) is 0. The molecule has 44 heavy (non-hydrogen) atoms. The number of benzene rings is 2. The second-order valence-electron chi connectivity index (χ2n) is 12.7. The first kappa shape index (κ1) is 35.1. The summed E-state index contributed by atoms with van der Waals surface area (Å²) in [5.74, 6) is 0.298. The first-order valence-electron chi connectivity index (χ1n) is 15.8. The van der Waals surface area contributed by atoms with Crippen molar-refractivity contribution in [3.05, 3.63) is 58.6 Å². The van der Waals surface area contributed by atoms with E-state index in [1.165, 1.54) is 0 Å². The minimum absolute atomic E-state index is 0.202. The lowest BCUT2D eigenvalue weighted by molar-refractivity contribution is 0.199. The second kappa shape index (κ2) is 15.2.